The molecule has 2 heterocycles. The molecule has 2 N–H and O–H groups in total. The zero-order valence-corrected chi connectivity index (χ0v) is 13.6. The van der Waals surface area contributed by atoms with Crippen LogP contribution in [-0.2, 0) is 4.84 Å². The first-order valence-electron chi connectivity index (χ1n) is 7.15. The van der Waals surface area contributed by atoms with Gasteiger partial charge in [-0.2, -0.15) is 0 Å². The molecule has 5 heteroatoms. The Balaban J connectivity index is 1.93. The van der Waals surface area contributed by atoms with Crippen molar-refractivity contribution in [1.82, 2.24) is 5.06 Å². The van der Waals surface area contributed by atoms with Crippen LogP contribution in [0.2, 0.25) is 5.02 Å². The van der Waals surface area contributed by atoms with Crippen LogP contribution in [-0.4, -0.2) is 10.6 Å². The quantitative estimate of drug-likeness (QED) is 0.886. The largest absolute Gasteiger partial charge is 0.459 e. The molecule has 1 atom stereocenters. The van der Waals surface area contributed by atoms with Gasteiger partial charge in [-0.3, -0.25) is 0 Å². The summed E-state index contributed by atoms with van der Waals surface area (Å²) in [4.78, 5) is 5.62. The average Bonchev–Trinajstić information content (AvgIpc) is 3.04. The van der Waals surface area contributed by atoms with E-state index in [0.717, 1.165) is 17.1 Å². The molecule has 1 aliphatic rings. The summed E-state index contributed by atoms with van der Waals surface area (Å²) in [5, 5.41) is 2.52. The van der Waals surface area contributed by atoms with Crippen molar-refractivity contribution in [3.05, 3.63) is 59.1 Å². The van der Waals surface area contributed by atoms with Crippen LogP contribution in [0.15, 0.2) is 52.8 Å². The van der Waals surface area contributed by atoms with E-state index in [1.54, 1.807) is 0 Å². The molecule has 116 valence electrons. The van der Waals surface area contributed by atoms with Crippen LogP contribution in [0.5, 0.6) is 0 Å². The predicted molar refractivity (Wildman–Crippen MR) is 86.8 cm³/mol. The van der Waals surface area contributed by atoms with Gasteiger partial charge in [0.15, 0.2) is 0 Å². The topological polar surface area (TPSA) is 51.6 Å². The van der Waals surface area contributed by atoms with Crippen molar-refractivity contribution >= 4 is 11.6 Å². The second kappa shape index (κ2) is 5.38. The van der Waals surface area contributed by atoms with Crippen LogP contribution in [0.3, 0.4) is 0 Å². The smallest absolute Gasteiger partial charge is 0.207 e. The van der Waals surface area contributed by atoms with Crippen molar-refractivity contribution in [2.45, 2.75) is 32.4 Å². The van der Waals surface area contributed by atoms with Gasteiger partial charge in [-0.1, -0.05) is 23.7 Å². The van der Waals surface area contributed by atoms with E-state index < -0.39 is 0 Å². The van der Waals surface area contributed by atoms with E-state index in [1.165, 1.54) is 0 Å². The molecule has 0 spiro atoms. The molecule has 1 unspecified atom stereocenters. The van der Waals surface area contributed by atoms with Crippen LogP contribution in [0.1, 0.15) is 32.6 Å². The normalized spacial score (nSPS) is 19.1. The molecule has 2 aromatic rings. The van der Waals surface area contributed by atoms with Gasteiger partial charge in [-0.05, 0) is 45.0 Å². The van der Waals surface area contributed by atoms with Crippen molar-refractivity contribution in [2.24, 2.45) is 5.73 Å². The Labute approximate surface area is 135 Å². The lowest BCUT2D eigenvalue weighted by Crippen LogP contribution is -2.40. The first-order valence-corrected chi connectivity index (χ1v) is 7.53. The highest BCUT2D eigenvalue weighted by Gasteiger charge is 2.37. The number of hydrogen-bond acceptors (Lipinski definition) is 4. The summed E-state index contributed by atoms with van der Waals surface area (Å²) >= 11 is 6.03. The fourth-order valence-electron chi connectivity index (χ4n) is 2.48. The Bertz CT molecular complexity index is 715. The third-order valence-electron chi connectivity index (χ3n) is 3.47. The maximum absolute atomic E-state index is 6.03. The summed E-state index contributed by atoms with van der Waals surface area (Å²) < 4.78 is 6.00. The molecule has 0 fully saturated rings. The van der Waals surface area contributed by atoms with Crippen molar-refractivity contribution < 1.29 is 9.25 Å². The summed E-state index contributed by atoms with van der Waals surface area (Å²) in [6.07, 6.45) is 1.85. The maximum Gasteiger partial charge on any atom is 0.207 e. The minimum absolute atomic E-state index is 0.145. The summed E-state index contributed by atoms with van der Waals surface area (Å²) in [6, 6.07) is 11.3. The van der Waals surface area contributed by atoms with Gasteiger partial charge in [0.2, 0.25) is 5.88 Å². The van der Waals surface area contributed by atoms with Crippen LogP contribution < -0.4 is 5.73 Å². The van der Waals surface area contributed by atoms with Crippen molar-refractivity contribution in [3.8, 4) is 11.3 Å². The second-order valence-electron chi connectivity index (χ2n) is 6.31. The zero-order chi connectivity index (χ0) is 15.9. The number of hydroxylamine groups is 2. The van der Waals surface area contributed by atoms with Crippen LogP contribution in [0.25, 0.3) is 11.3 Å². The number of hydrogen-bond donors (Lipinski definition) is 1. The SMILES string of the molecule is CC(C)(C)N1OC(N)=CC1c1ccc(-c2cccc(Cl)c2)o1. The van der Waals surface area contributed by atoms with Crippen LogP contribution >= 0.6 is 11.6 Å². The summed E-state index contributed by atoms with van der Waals surface area (Å²) in [7, 11) is 0. The fraction of sp³-hybridized carbons (Fsp3) is 0.294. The number of nitrogens with zero attached hydrogens (tertiary/aromatic N) is 1. The Morgan fingerprint density at radius 2 is 1.95 bits per heavy atom. The first-order chi connectivity index (χ1) is 10.3. The lowest BCUT2D eigenvalue weighted by Gasteiger charge is -2.33. The molecule has 22 heavy (non-hydrogen) atoms. The highest BCUT2D eigenvalue weighted by atomic mass is 35.5. The third kappa shape index (κ3) is 2.85. The standard InChI is InChI=1S/C17H19ClN2O2/c1-17(2,3)20-13(10-16(19)22-20)15-8-7-14(21-15)11-5-4-6-12(18)9-11/h4-10,13H,19H2,1-3H3. The second-order valence-corrected chi connectivity index (χ2v) is 6.75. The zero-order valence-electron chi connectivity index (χ0n) is 12.8. The van der Waals surface area contributed by atoms with Gasteiger partial charge in [0.25, 0.3) is 0 Å². The lowest BCUT2D eigenvalue weighted by atomic mass is 10.1. The van der Waals surface area contributed by atoms with Gasteiger partial charge in [0, 0.05) is 22.2 Å². The fourth-order valence-corrected chi connectivity index (χ4v) is 2.67. The molecule has 0 aliphatic carbocycles. The highest BCUT2D eigenvalue weighted by molar-refractivity contribution is 6.30. The molecule has 3 rings (SSSR count). The molecule has 0 bridgehead atoms. The average molecular weight is 319 g/mol. The first kappa shape index (κ1) is 15.0. The number of nitrogens with two attached hydrogens (primary N) is 1. The van der Waals surface area contributed by atoms with Crippen LogP contribution in [0, 0.1) is 0 Å². The Morgan fingerprint density at radius 3 is 2.64 bits per heavy atom. The third-order valence-corrected chi connectivity index (χ3v) is 3.70. The van der Waals surface area contributed by atoms with Gasteiger partial charge >= 0.3 is 0 Å². The van der Waals surface area contributed by atoms with Crippen molar-refractivity contribution in [3.63, 3.8) is 0 Å². The Morgan fingerprint density at radius 1 is 1.18 bits per heavy atom. The molecule has 0 saturated heterocycles. The number of rotatable bonds is 2. The summed E-state index contributed by atoms with van der Waals surface area (Å²) in [5.74, 6) is 1.94. The molecule has 0 radical (unpaired) electrons. The Hall–Kier alpha value is -1.91. The molecule has 1 aromatic carbocycles. The van der Waals surface area contributed by atoms with Crippen molar-refractivity contribution in [2.75, 3.05) is 0 Å². The minimum Gasteiger partial charge on any atom is -0.459 e. The molecular weight excluding hydrogens is 300 g/mol. The van der Waals surface area contributed by atoms with E-state index in [0.29, 0.717) is 10.9 Å². The Kier molecular flexibility index (Phi) is 3.67. The minimum atomic E-state index is -0.203. The molecule has 0 saturated carbocycles. The van der Waals surface area contributed by atoms with Gasteiger partial charge in [0.05, 0.1) is 0 Å². The van der Waals surface area contributed by atoms with E-state index in [9.17, 15) is 0 Å². The summed E-state index contributed by atoms with van der Waals surface area (Å²) in [6.45, 7) is 6.19. The predicted octanol–water partition coefficient (Wildman–Crippen LogP) is 4.49. The van der Waals surface area contributed by atoms with E-state index in [4.69, 9.17) is 26.6 Å². The van der Waals surface area contributed by atoms with E-state index >= 15 is 0 Å². The van der Waals surface area contributed by atoms with Gasteiger partial charge in [-0.25, -0.2) is 0 Å². The van der Waals surface area contributed by atoms with E-state index in [2.05, 4.69) is 20.8 Å². The van der Waals surface area contributed by atoms with Crippen LogP contribution in [0.4, 0.5) is 0 Å². The van der Waals surface area contributed by atoms with E-state index in [1.807, 2.05) is 47.5 Å². The monoisotopic (exact) mass is 318 g/mol. The van der Waals surface area contributed by atoms with Crippen molar-refractivity contribution in [1.29, 1.82) is 0 Å². The molecular formula is C17H19ClN2O2. The molecule has 4 nitrogen and oxygen atoms in total. The number of benzene rings is 1. The number of halogens is 1. The van der Waals surface area contributed by atoms with Gasteiger partial charge in [-0.15, -0.1) is 5.06 Å². The molecule has 1 aliphatic heterocycles. The molecule has 1 aromatic heterocycles. The van der Waals surface area contributed by atoms with Gasteiger partial charge in [0.1, 0.15) is 17.6 Å². The van der Waals surface area contributed by atoms with Gasteiger partial charge < -0.3 is 15.0 Å². The summed E-state index contributed by atoms with van der Waals surface area (Å²) in [5.41, 5.74) is 6.56. The molecule has 0 amide bonds. The number of furan rings is 1. The van der Waals surface area contributed by atoms with E-state index in [-0.39, 0.29) is 11.6 Å². The maximum atomic E-state index is 6.03. The highest BCUT2D eigenvalue weighted by Crippen LogP contribution is 2.37. The lowest BCUT2D eigenvalue weighted by molar-refractivity contribution is -0.181.